The number of ether oxygens (including phenoxy) is 1. The van der Waals surface area contributed by atoms with Crippen molar-refractivity contribution in [2.45, 2.75) is 39.7 Å². The molecule has 96 valence electrons. The van der Waals surface area contributed by atoms with E-state index in [-0.39, 0.29) is 6.04 Å². The van der Waals surface area contributed by atoms with E-state index in [1.54, 1.807) is 0 Å². The summed E-state index contributed by atoms with van der Waals surface area (Å²) in [6.45, 7) is 7.11. The minimum atomic E-state index is 0.0995. The lowest BCUT2D eigenvalue weighted by atomic mass is 9.98. The molecule has 0 amide bonds. The van der Waals surface area contributed by atoms with Gasteiger partial charge in [-0.05, 0) is 43.4 Å². The maximum absolute atomic E-state index is 6.20. The summed E-state index contributed by atoms with van der Waals surface area (Å²) >= 11 is 3.56. The zero-order chi connectivity index (χ0) is 12.8. The van der Waals surface area contributed by atoms with Crippen LogP contribution in [-0.2, 0) is 0 Å². The van der Waals surface area contributed by atoms with Gasteiger partial charge in [0.2, 0.25) is 0 Å². The zero-order valence-electron chi connectivity index (χ0n) is 10.9. The van der Waals surface area contributed by atoms with Gasteiger partial charge in [0.1, 0.15) is 5.75 Å². The molecule has 0 saturated carbocycles. The first-order valence-corrected chi connectivity index (χ1v) is 7.01. The number of hydrogen-bond acceptors (Lipinski definition) is 2. The Kier molecular flexibility index (Phi) is 6.00. The van der Waals surface area contributed by atoms with Crippen molar-refractivity contribution in [2.75, 3.05) is 6.61 Å². The van der Waals surface area contributed by atoms with E-state index in [4.69, 9.17) is 10.5 Å². The van der Waals surface area contributed by atoms with Gasteiger partial charge in [-0.3, -0.25) is 0 Å². The lowest BCUT2D eigenvalue weighted by Gasteiger charge is -2.16. The van der Waals surface area contributed by atoms with E-state index in [9.17, 15) is 0 Å². The molecule has 0 fully saturated rings. The molecule has 0 bridgehead atoms. The molecule has 1 aromatic rings. The van der Waals surface area contributed by atoms with Crippen molar-refractivity contribution in [2.24, 2.45) is 11.7 Å². The van der Waals surface area contributed by atoms with Crippen molar-refractivity contribution < 1.29 is 4.74 Å². The normalized spacial score (nSPS) is 12.8. The molecular formula is C14H22BrNO. The monoisotopic (exact) mass is 299 g/mol. The lowest BCUT2D eigenvalue weighted by Crippen LogP contribution is -2.12. The highest BCUT2D eigenvalue weighted by Crippen LogP contribution is 2.29. The highest BCUT2D eigenvalue weighted by Gasteiger charge is 2.11. The van der Waals surface area contributed by atoms with E-state index in [1.165, 1.54) is 0 Å². The summed E-state index contributed by atoms with van der Waals surface area (Å²) in [5.41, 5.74) is 7.36. The third-order valence-electron chi connectivity index (χ3n) is 2.74. The molecule has 1 unspecified atom stereocenters. The standard InChI is InChI=1S/C14H22BrNO/c1-4-17-11-6-7-12(13(15)9-11)14(16)8-5-10(2)3/h6-7,9-10,14H,4-5,8,16H2,1-3H3. The van der Waals surface area contributed by atoms with Gasteiger partial charge in [0.05, 0.1) is 6.61 Å². The Morgan fingerprint density at radius 3 is 2.53 bits per heavy atom. The van der Waals surface area contributed by atoms with E-state index in [2.05, 4.69) is 35.8 Å². The van der Waals surface area contributed by atoms with Crippen LogP contribution < -0.4 is 10.5 Å². The van der Waals surface area contributed by atoms with Gasteiger partial charge in [0.25, 0.3) is 0 Å². The van der Waals surface area contributed by atoms with Gasteiger partial charge in [-0.2, -0.15) is 0 Å². The molecular weight excluding hydrogens is 278 g/mol. The van der Waals surface area contributed by atoms with Crippen LogP contribution in [0.5, 0.6) is 5.75 Å². The van der Waals surface area contributed by atoms with Crippen LogP contribution in [0.4, 0.5) is 0 Å². The van der Waals surface area contributed by atoms with Crippen molar-refractivity contribution in [1.29, 1.82) is 0 Å². The van der Waals surface area contributed by atoms with Crippen LogP contribution in [0.15, 0.2) is 22.7 Å². The third-order valence-corrected chi connectivity index (χ3v) is 3.42. The number of hydrogen-bond donors (Lipinski definition) is 1. The maximum Gasteiger partial charge on any atom is 0.120 e. The smallest absolute Gasteiger partial charge is 0.120 e. The third kappa shape index (κ3) is 4.68. The van der Waals surface area contributed by atoms with Crippen molar-refractivity contribution >= 4 is 15.9 Å². The quantitative estimate of drug-likeness (QED) is 0.851. The van der Waals surface area contributed by atoms with Crippen molar-refractivity contribution in [1.82, 2.24) is 0 Å². The lowest BCUT2D eigenvalue weighted by molar-refractivity contribution is 0.340. The predicted molar refractivity (Wildman–Crippen MR) is 76.3 cm³/mol. The number of benzene rings is 1. The van der Waals surface area contributed by atoms with Crippen LogP contribution in [0.25, 0.3) is 0 Å². The van der Waals surface area contributed by atoms with Crippen LogP contribution in [0.2, 0.25) is 0 Å². The summed E-state index contributed by atoms with van der Waals surface area (Å²) in [4.78, 5) is 0. The van der Waals surface area contributed by atoms with Crippen LogP contribution in [0, 0.1) is 5.92 Å². The molecule has 0 heterocycles. The Balaban J connectivity index is 2.70. The van der Waals surface area contributed by atoms with Gasteiger partial charge in [0, 0.05) is 10.5 Å². The summed E-state index contributed by atoms with van der Waals surface area (Å²) in [7, 11) is 0. The van der Waals surface area contributed by atoms with Crippen LogP contribution in [0.1, 0.15) is 45.2 Å². The van der Waals surface area contributed by atoms with E-state index in [0.29, 0.717) is 12.5 Å². The molecule has 17 heavy (non-hydrogen) atoms. The van der Waals surface area contributed by atoms with Crippen LogP contribution >= 0.6 is 15.9 Å². The molecule has 2 nitrogen and oxygen atoms in total. The summed E-state index contributed by atoms with van der Waals surface area (Å²) < 4.78 is 6.49. The topological polar surface area (TPSA) is 35.2 Å². The van der Waals surface area contributed by atoms with Gasteiger partial charge in [-0.15, -0.1) is 0 Å². The molecule has 3 heteroatoms. The van der Waals surface area contributed by atoms with Gasteiger partial charge < -0.3 is 10.5 Å². The fourth-order valence-electron chi connectivity index (χ4n) is 1.73. The maximum atomic E-state index is 6.20. The molecule has 0 aliphatic heterocycles. The Hall–Kier alpha value is -0.540. The summed E-state index contributed by atoms with van der Waals surface area (Å²) in [6, 6.07) is 6.13. The molecule has 0 saturated heterocycles. The molecule has 0 aromatic heterocycles. The largest absolute Gasteiger partial charge is 0.494 e. The molecule has 0 radical (unpaired) electrons. The molecule has 1 rings (SSSR count). The second kappa shape index (κ2) is 7.02. The fraction of sp³-hybridized carbons (Fsp3) is 0.571. The predicted octanol–water partition coefficient (Wildman–Crippen LogP) is 4.28. The van der Waals surface area contributed by atoms with Gasteiger partial charge in [-0.1, -0.05) is 35.8 Å². The molecule has 0 aliphatic carbocycles. The minimum absolute atomic E-state index is 0.0995. The summed E-state index contributed by atoms with van der Waals surface area (Å²) in [5, 5.41) is 0. The first-order valence-electron chi connectivity index (χ1n) is 6.22. The van der Waals surface area contributed by atoms with Gasteiger partial charge in [-0.25, -0.2) is 0 Å². The van der Waals surface area contributed by atoms with Crippen LogP contribution in [0.3, 0.4) is 0 Å². The minimum Gasteiger partial charge on any atom is -0.494 e. The van der Waals surface area contributed by atoms with Crippen molar-refractivity contribution in [3.05, 3.63) is 28.2 Å². The highest BCUT2D eigenvalue weighted by molar-refractivity contribution is 9.10. The summed E-state index contributed by atoms with van der Waals surface area (Å²) in [6.07, 6.45) is 2.17. The number of halogens is 1. The Morgan fingerprint density at radius 1 is 1.29 bits per heavy atom. The van der Waals surface area contributed by atoms with Gasteiger partial charge in [0.15, 0.2) is 0 Å². The van der Waals surface area contributed by atoms with Crippen LogP contribution in [-0.4, -0.2) is 6.61 Å². The Bertz CT molecular complexity index is 352. The average Bonchev–Trinajstić information content (AvgIpc) is 2.26. The van der Waals surface area contributed by atoms with Crippen molar-refractivity contribution in [3.63, 3.8) is 0 Å². The van der Waals surface area contributed by atoms with E-state index in [1.807, 2.05) is 19.1 Å². The SMILES string of the molecule is CCOc1ccc(C(N)CCC(C)C)c(Br)c1. The van der Waals surface area contributed by atoms with Crippen molar-refractivity contribution in [3.8, 4) is 5.75 Å². The second-order valence-electron chi connectivity index (χ2n) is 4.69. The highest BCUT2D eigenvalue weighted by atomic mass is 79.9. The zero-order valence-corrected chi connectivity index (χ0v) is 12.5. The molecule has 2 N–H and O–H groups in total. The second-order valence-corrected chi connectivity index (χ2v) is 5.55. The Morgan fingerprint density at radius 2 is 2.00 bits per heavy atom. The van der Waals surface area contributed by atoms with Gasteiger partial charge >= 0.3 is 0 Å². The first kappa shape index (κ1) is 14.5. The fourth-order valence-corrected chi connectivity index (χ4v) is 2.39. The number of nitrogens with two attached hydrogens (primary N) is 1. The van der Waals surface area contributed by atoms with E-state index in [0.717, 1.165) is 28.6 Å². The van der Waals surface area contributed by atoms with E-state index >= 15 is 0 Å². The molecule has 1 aromatic carbocycles. The molecule has 0 aliphatic rings. The average molecular weight is 300 g/mol. The first-order chi connectivity index (χ1) is 8.04. The number of rotatable bonds is 6. The molecule has 1 atom stereocenters. The van der Waals surface area contributed by atoms with E-state index < -0.39 is 0 Å². The summed E-state index contributed by atoms with van der Waals surface area (Å²) in [5.74, 6) is 1.58. The Labute approximate surface area is 113 Å². The molecule has 0 spiro atoms.